The molecule has 7 heteroatoms. The summed E-state index contributed by atoms with van der Waals surface area (Å²) in [5.41, 5.74) is 6.97. The van der Waals surface area contributed by atoms with Crippen molar-refractivity contribution < 1.29 is 8.42 Å². The molecule has 0 bridgehead atoms. The summed E-state index contributed by atoms with van der Waals surface area (Å²) in [6.07, 6.45) is 1.15. The number of piperazine rings is 1. The van der Waals surface area contributed by atoms with Crippen LogP contribution in [0.3, 0.4) is 0 Å². The molecule has 1 atom stereocenters. The first-order valence-corrected chi connectivity index (χ1v) is 8.79. The van der Waals surface area contributed by atoms with Gasteiger partial charge in [0.15, 0.2) is 0 Å². The van der Waals surface area contributed by atoms with Crippen molar-refractivity contribution in [1.82, 2.24) is 4.90 Å². The molecule has 1 unspecified atom stereocenters. The summed E-state index contributed by atoms with van der Waals surface area (Å²) in [6.45, 7) is 8.28. The zero-order chi connectivity index (χ0) is 15.6. The lowest BCUT2D eigenvalue weighted by Crippen LogP contribution is -2.49. The predicted octanol–water partition coefficient (Wildman–Crippen LogP) is 0.837. The van der Waals surface area contributed by atoms with Crippen LogP contribution in [0.25, 0.3) is 0 Å². The maximum Gasteiger partial charge on any atom is 0.240 e. The molecular weight excluding hydrogens is 288 g/mol. The molecule has 118 valence electrons. The van der Waals surface area contributed by atoms with Gasteiger partial charge in [0.1, 0.15) is 4.90 Å². The van der Waals surface area contributed by atoms with Gasteiger partial charge in [-0.05, 0) is 31.5 Å². The molecule has 21 heavy (non-hydrogen) atoms. The first-order chi connectivity index (χ1) is 9.82. The molecule has 0 radical (unpaired) electrons. The molecule has 1 aromatic carbocycles. The highest BCUT2D eigenvalue weighted by Crippen LogP contribution is 2.25. The van der Waals surface area contributed by atoms with Gasteiger partial charge in [-0.1, -0.05) is 6.92 Å². The molecule has 4 N–H and O–H groups in total. The van der Waals surface area contributed by atoms with Crippen molar-refractivity contribution in [2.24, 2.45) is 5.14 Å². The zero-order valence-electron chi connectivity index (χ0n) is 12.6. The van der Waals surface area contributed by atoms with Crippen LogP contribution >= 0.6 is 0 Å². The minimum atomic E-state index is -3.76. The quantitative estimate of drug-likeness (QED) is 0.804. The van der Waals surface area contributed by atoms with E-state index in [1.165, 1.54) is 6.07 Å². The zero-order valence-corrected chi connectivity index (χ0v) is 13.4. The summed E-state index contributed by atoms with van der Waals surface area (Å²) in [4.78, 5) is 4.69. The Balaban J connectivity index is 2.10. The normalized spacial score (nSPS) is 18.7. The van der Waals surface area contributed by atoms with Gasteiger partial charge in [0.05, 0.1) is 5.69 Å². The van der Waals surface area contributed by atoms with Crippen LogP contribution < -0.4 is 15.8 Å². The average molecular weight is 312 g/mol. The standard InChI is InChI=1S/C14H24N4O2S/c1-3-11(2)17-6-8-18(9-7-17)12-4-5-14(13(15)10-12)21(16,19)20/h4-5,10-11H,3,6-9,15H2,1-2H3,(H2,16,19,20). The van der Waals surface area contributed by atoms with Gasteiger partial charge in [0.25, 0.3) is 0 Å². The Labute approximate surface area is 126 Å². The van der Waals surface area contributed by atoms with Crippen molar-refractivity contribution in [1.29, 1.82) is 0 Å². The van der Waals surface area contributed by atoms with Crippen LogP contribution in [0.2, 0.25) is 0 Å². The molecule has 0 amide bonds. The first-order valence-electron chi connectivity index (χ1n) is 7.24. The van der Waals surface area contributed by atoms with Gasteiger partial charge in [-0.2, -0.15) is 0 Å². The molecule has 1 aliphatic rings. The number of nitrogens with two attached hydrogens (primary N) is 2. The van der Waals surface area contributed by atoms with Crippen LogP contribution in [0.4, 0.5) is 11.4 Å². The summed E-state index contributed by atoms with van der Waals surface area (Å²) in [5.74, 6) is 0. The number of benzene rings is 1. The second-order valence-electron chi connectivity index (χ2n) is 5.55. The van der Waals surface area contributed by atoms with E-state index in [1.54, 1.807) is 12.1 Å². The predicted molar refractivity (Wildman–Crippen MR) is 85.8 cm³/mol. The van der Waals surface area contributed by atoms with Gasteiger partial charge >= 0.3 is 0 Å². The second kappa shape index (κ2) is 6.21. The van der Waals surface area contributed by atoms with E-state index in [4.69, 9.17) is 10.9 Å². The Morgan fingerprint density at radius 3 is 2.33 bits per heavy atom. The molecule has 0 spiro atoms. The highest BCUT2D eigenvalue weighted by atomic mass is 32.2. The smallest absolute Gasteiger partial charge is 0.240 e. The number of anilines is 2. The number of rotatable bonds is 4. The Morgan fingerprint density at radius 1 is 1.24 bits per heavy atom. The third kappa shape index (κ3) is 3.66. The number of nitrogens with zero attached hydrogens (tertiary/aromatic N) is 2. The summed E-state index contributed by atoms with van der Waals surface area (Å²) < 4.78 is 22.7. The van der Waals surface area contributed by atoms with Crippen LogP contribution in [-0.4, -0.2) is 45.5 Å². The minimum absolute atomic E-state index is 0.00973. The SMILES string of the molecule is CCC(C)N1CCN(c2ccc(S(N)(=O)=O)c(N)c2)CC1. The number of hydrogen-bond donors (Lipinski definition) is 2. The molecule has 1 heterocycles. The maximum atomic E-state index is 11.4. The minimum Gasteiger partial charge on any atom is -0.398 e. The number of nitrogen functional groups attached to an aromatic ring is 1. The topological polar surface area (TPSA) is 92.7 Å². The fraction of sp³-hybridized carbons (Fsp3) is 0.571. The second-order valence-corrected chi connectivity index (χ2v) is 7.08. The van der Waals surface area contributed by atoms with Gasteiger partial charge in [0, 0.05) is 37.9 Å². The molecule has 0 aliphatic carbocycles. The molecule has 1 fully saturated rings. The van der Waals surface area contributed by atoms with Crippen LogP contribution in [0, 0.1) is 0 Å². The van der Waals surface area contributed by atoms with Crippen LogP contribution in [-0.2, 0) is 10.0 Å². The first kappa shape index (κ1) is 16.1. The summed E-state index contributed by atoms with van der Waals surface area (Å²) in [7, 11) is -3.76. The maximum absolute atomic E-state index is 11.4. The molecule has 0 saturated carbocycles. The average Bonchev–Trinajstić information content (AvgIpc) is 2.45. The van der Waals surface area contributed by atoms with E-state index in [0.717, 1.165) is 38.3 Å². The largest absolute Gasteiger partial charge is 0.398 e. The third-order valence-corrected chi connectivity index (χ3v) is 5.18. The van der Waals surface area contributed by atoms with E-state index >= 15 is 0 Å². The summed E-state index contributed by atoms with van der Waals surface area (Å²) in [6, 6.07) is 5.55. The number of sulfonamides is 1. The number of hydrogen-bond acceptors (Lipinski definition) is 5. The van der Waals surface area contributed by atoms with Crippen LogP contribution in [0.1, 0.15) is 20.3 Å². The van der Waals surface area contributed by atoms with Crippen LogP contribution in [0.15, 0.2) is 23.1 Å². The monoisotopic (exact) mass is 312 g/mol. The fourth-order valence-electron chi connectivity index (χ4n) is 2.67. The molecule has 0 aromatic heterocycles. The van der Waals surface area contributed by atoms with E-state index in [2.05, 4.69) is 23.6 Å². The molecule has 1 aliphatic heterocycles. The van der Waals surface area contributed by atoms with Gasteiger partial charge < -0.3 is 10.6 Å². The van der Waals surface area contributed by atoms with E-state index in [9.17, 15) is 8.42 Å². The highest BCUT2D eigenvalue weighted by Gasteiger charge is 2.21. The van der Waals surface area contributed by atoms with Gasteiger partial charge in [0.2, 0.25) is 10.0 Å². The van der Waals surface area contributed by atoms with E-state index in [1.807, 2.05) is 0 Å². The van der Waals surface area contributed by atoms with Crippen LogP contribution in [0.5, 0.6) is 0 Å². The molecule has 1 aromatic rings. The van der Waals surface area contributed by atoms with E-state index < -0.39 is 10.0 Å². The lowest BCUT2D eigenvalue weighted by molar-refractivity contribution is 0.193. The third-order valence-electron chi connectivity index (χ3n) is 4.19. The molecule has 6 nitrogen and oxygen atoms in total. The Morgan fingerprint density at radius 2 is 1.86 bits per heavy atom. The summed E-state index contributed by atoms with van der Waals surface area (Å²) in [5, 5.41) is 5.12. The van der Waals surface area contributed by atoms with Gasteiger partial charge in [-0.3, -0.25) is 4.90 Å². The lowest BCUT2D eigenvalue weighted by atomic mass is 10.1. The Kier molecular flexibility index (Phi) is 4.75. The van der Waals surface area contributed by atoms with Gasteiger partial charge in [-0.15, -0.1) is 0 Å². The Bertz CT molecular complexity index is 595. The number of primary sulfonamides is 1. The fourth-order valence-corrected chi connectivity index (χ4v) is 3.32. The van der Waals surface area contributed by atoms with Crippen molar-refractivity contribution in [2.45, 2.75) is 31.2 Å². The van der Waals surface area contributed by atoms with Crippen molar-refractivity contribution in [2.75, 3.05) is 36.8 Å². The van der Waals surface area contributed by atoms with Gasteiger partial charge in [-0.25, -0.2) is 13.6 Å². The van der Waals surface area contributed by atoms with Crippen molar-refractivity contribution in [3.05, 3.63) is 18.2 Å². The van der Waals surface area contributed by atoms with Crippen molar-refractivity contribution >= 4 is 21.4 Å². The van der Waals surface area contributed by atoms with Crippen molar-refractivity contribution in [3.8, 4) is 0 Å². The van der Waals surface area contributed by atoms with E-state index in [0.29, 0.717) is 6.04 Å². The molecule has 2 rings (SSSR count). The van der Waals surface area contributed by atoms with Crippen molar-refractivity contribution in [3.63, 3.8) is 0 Å². The summed E-state index contributed by atoms with van der Waals surface area (Å²) >= 11 is 0. The lowest BCUT2D eigenvalue weighted by Gasteiger charge is -2.39. The molecular formula is C14H24N4O2S. The highest BCUT2D eigenvalue weighted by molar-refractivity contribution is 7.89. The van der Waals surface area contributed by atoms with E-state index in [-0.39, 0.29) is 10.6 Å². The molecule has 1 saturated heterocycles. The Hall–Kier alpha value is -1.31.